The van der Waals surface area contributed by atoms with Gasteiger partial charge in [0, 0.05) is 0 Å². The van der Waals surface area contributed by atoms with Crippen molar-refractivity contribution < 1.29 is 36.3 Å². The molecule has 0 saturated carbocycles. The summed E-state index contributed by atoms with van der Waals surface area (Å²) < 4.78 is 68.0. The van der Waals surface area contributed by atoms with E-state index in [4.69, 9.17) is 27.1 Å². The molecular weight excluding hydrogens is 790 g/mol. The molecule has 0 spiro atoms. The molecule has 1 unspecified atom stereocenters. The van der Waals surface area contributed by atoms with Gasteiger partial charge in [0.1, 0.15) is 34.5 Å². The van der Waals surface area contributed by atoms with Gasteiger partial charge in [-0.1, -0.05) is 86.6 Å². The smallest absolute Gasteiger partial charge is 0.385 e. The number of phosphoric acid groups is 2. The summed E-state index contributed by atoms with van der Waals surface area (Å²) in [5, 5.41) is 0. The summed E-state index contributed by atoms with van der Waals surface area (Å²) >= 11 is 0. The monoisotopic (exact) mass is 846 g/mol. The molecule has 0 saturated heterocycles. The molecule has 0 heterocycles. The highest BCUT2D eigenvalue weighted by Crippen LogP contribution is 2.56. The molecule has 1 atom stereocenters. The third-order valence-electron chi connectivity index (χ3n) is 10.6. The molecular formula is C50H56O8P2. The molecule has 0 aromatic heterocycles. The van der Waals surface area contributed by atoms with Crippen LogP contribution in [0.2, 0.25) is 0 Å². The summed E-state index contributed by atoms with van der Waals surface area (Å²) in [7, 11) is -8.66. The van der Waals surface area contributed by atoms with Crippen LogP contribution in [-0.4, -0.2) is 0 Å². The molecule has 6 aromatic rings. The molecule has 6 aromatic carbocycles. The molecule has 314 valence electrons. The van der Waals surface area contributed by atoms with Crippen molar-refractivity contribution in [3.63, 3.8) is 0 Å². The zero-order valence-corrected chi connectivity index (χ0v) is 38.8. The summed E-state index contributed by atoms with van der Waals surface area (Å²) in [4.78, 5) is 0. The second-order valence-corrected chi connectivity index (χ2v) is 19.0. The third-order valence-corrected chi connectivity index (χ3v) is 13.0. The van der Waals surface area contributed by atoms with E-state index < -0.39 is 15.6 Å². The number of para-hydroxylation sites is 4. The third kappa shape index (κ3) is 9.62. The zero-order chi connectivity index (χ0) is 43.7. The molecule has 6 rings (SSSR count). The Balaban J connectivity index is 1.36. The second kappa shape index (κ2) is 17.7. The van der Waals surface area contributed by atoms with Crippen LogP contribution in [0.3, 0.4) is 0 Å². The Kier molecular flexibility index (Phi) is 13.0. The molecule has 60 heavy (non-hydrogen) atoms. The molecule has 0 bridgehead atoms. The molecule has 0 fully saturated rings. The second-order valence-electron chi connectivity index (χ2n) is 16.1. The Morgan fingerprint density at radius 2 is 0.550 bits per heavy atom. The number of phosphoric ester groups is 2. The summed E-state index contributed by atoms with van der Waals surface area (Å²) in [6.45, 7) is 25.1. The van der Waals surface area contributed by atoms with Gasteiger partial charge in [-0.25, -0.2) is 0 Å². The summed E-state index contributed by atoms with van der Waals surface area (Å²) in [5.74, 6) is 2.71. The largest absolute Gasteiger partial charge is 0.647 e. The van der Waals surface area contributed by atoms with Gasteiger partial charge in [0.15, 0.2) is 0 Å². The van der Waals surface area contributed by atoms with Crippen LogP contribution in [0.25, 0.3) is 11.1 Å². The average Bonchev–Trinajstić information content (AvgIpc) is 3.17. The van der Waals surface area contributed by atoms with E-state index >= 15 is 4.57 Å². The van der Waals surface area contributed by atoms with E-state index in [-0.39, 0.29) is 5.92 Å². The molecule has 0 amide bonds. The van der Waals surface area contributed by atoms with Crippen LogP contribution in [0.1, 0.15) is 86.5 Å². The highest BCUT2D eigenvalue weighted by molar-refractivity contribution is 7.50. The lowest BCUT2D eigenvalue weighted by molar-refractivity contribution is 0.292. The molecule has 10 heteroatoms. The first-order valence-corrected chi connectivity index (χ1v) is 23.1. The van der Waals surface area contributed by atoms with E-state index in [1.54, 1.807) is 0 Å². The van der Waals surface area contributed by atoms with Gasteiger partial charge >= 0.3 is 15.6 Å². The Hall–Kier alpha value is -5.42. The van der Waals surface area contributed by atoms with Crippen LogP contribution in [0.4, 0.5) is 0 Å². The van der Waals surface area contributed by atoms with Crippen LogP contribution < -0.4 is 27.1 Å². The Bertz CT molecular complexity index is 2520. The minimum atomic E-state index is -4.35. The van der Waals surface area contributed by atoms with Crippen molar-refractivity contribution in [3.05, 3.63) is 164 Å². The maximum atomic E-state index is 15.0. The normalized spacial score (nSPS) is 12.5. The van der Waals surface area contributed by atoms with Crippen molar-refractivity contribution in [2.75, 3.05) is 0 Å². The van der Waals surface area contributed by atoms with E-state index in [0.717, 1.165) is 77.9 Å². The molecule has 8 nitrogen and oxygen atoms in total. The van der Waals surface area contributed by atoms with Crippen molar-refractivity contribution in [2.24, 2.45) is 0 Å². The lowest BCUT2D eigenvalue weighted by Gasteiger charge is -2.25. The predicted octanol–water partition coefficient (Wildman–Crippen LogP) is 15.2. The topological polar surface area (TPSA) is 89.5 Å². The number of aryl methyl sites for hydroxylation is 11. The SMILES string of the molecule is Cc1cccc(C)c1OP(=O)(Oc1c(C)cccc1C)Oc1c(C)cc(-c2cc(C)c(OP(=O)(Oc3c(C)cccc3C)Oc3c(C)cccc3C(C)C)c(C)c2)cc1C. The van der Waals surface area contributed by atoms with E-state index in [1.807, 2.05) is 173 Å². The van der Waals surface area contributed by atoms with Crippen LogP contribution >= 0.6 is 15.6 Å². The van der Waals surface area contributed by atoms with Crippen molar-refractivity contribution in [1.82, 2.24) is 0 Å². The van der Waals surface area contributed by atoms with Gasteiger partial charge in [-0.2, -0.15) is 9.13 Å². The maximum absolute atomic E-state index is 15.0. The quantitative estimate of drug-likeness (QED) is 0.100. The van der Waals surface area contributed by atoms with Crippen LogP contribution in [0, 0.1) is 76.2 Å². The first kappa shape index (κ1) is 44.1. The molecule has 0 N–H and O–H groups in total. The highest BCUT2D eigenvalue weighted by atomic mass is 31.2. The number of benzene rings is 6. The first-order valence-electron chi connectivity index (χ1n) is 20.2. The van der Waals surface area contributed by atoms with Crippen LogP contribution in [-0.2, 0) is 9.13 Å². The van der Waals surface area contributed by atoms with Crippen molar-refractivity contribution >= 4 is 15.6 Å². The van der Waals surface area contributed by atoms with Gasteiger partial charge < -0.3 is 27.1 Å². The molecule has 0 aliphatic carbocycles. The Labute approximate surface area is 356 Å². The molecule has 0 aliphatic heterocycles. The lowest BCUT2D eigenvalue weighted by Crippen LogP contribution is -2.12. The Morgan fingerprint density at radius 3 is 0.817 bits per heavy atom. The van der Waals surface area contributed by atoms with Crippen LogP contribution in [0.5, 0.6) is 34.5 Å². The summed E-state index contributed by atoms with van der Waals surface area (Å²) in [6.07, 6.45) is 0. The Morgan fingerprint density at radius 1 is 0.333 bits per heavy atom. The van der Waals surface area contributed by atoms with Gasteiger partial charge in [-0.15, -0.1) is 0 Å². The van der Waals surface area contributed by atoms with E-state index in [9.17, 15) is 4.57 Å². The number of rotatable bonds is 14. The van der Waals surface area contributed by atoms with E-state index in [1.165, 1.54) is 0 Å². The maximum Gasteiger partial charge on any atom is 0.647 e. The van der Waals surface area contributed by atoms with Gasteiger partial charge in [-0.05, 0) is 184 Å². The summed E-state index contributed by atoms with van der Waals surface area (Å²) in [5.41, 5.74) is 11.3. The highest BCUT2D eigenvalue weighted by Gasteiger charge is 2.38. The van der Waals surface area contributed by atoms with Gasteiger partial charge in [0.25, 0.3) is 0 Å². The van der Waals surface area contributed by atoms with Gasteiger partial charge in [0.05, 0.1) is 0 Å². The minimum absolute atomic E-state index is 0.0986. The predicted molar refractivity (Wildman–Crippen MR) is 243 cm³/mol. The minimum Gasteiger partial charge on any atom is -0.385 e. The average molecular weight is 847 g/mol. The first-order chi connectivity index (χ1) is 28.3. The number of hydrogen-bond acceptors (Lipinski definition) is 8. The van der Waals surface area contributed by atoms with Gasteiger partial charge in [0.2, 0.25) is 0 Å². The fourth-order valence-corrected chi connectivity index (χ4v) is 10.6. The summed E-state index contributed by atoms with van der Waals surface area (Å²) in [6, 6.07) is 30.9. The van der Waals surface area contributed by atoms with Crippen molar-refractivity contribution in [3.8, 4) is 45.6 Å². The molecule has 0 aliphatic rings. The fraction of sp³-hybridized carbons (Fsp3) is 0.280. The standard InChI is InChI=1S/C50H56O8P2/c1-30(2)44-25-17-24-37(9)50(44)58-60(52,55-47-35(7)22-16-23-36(47)8)57-49-40(12)28-43(29-41(49)13)42-26-38(10)48(39(11)27-42)56-59(51,53-45-31(3)18-14-19-32(45)4)54-46-33(5)20-15-21-34(46)6/h14-30H,1-13H3. The number of hydrogen-bond donors (Lipinski definition) is 0. The van der Waals surface area contributed by atoms with E-state index in [0.29, 0.717) is 34.5 Å². The van der Waals surface area contributed by atoms with Crippen molar-refractivity contribution in [2.45, 2.75) is 95.9 Å². The van der Waals surface area contributed by atoms with Gasteiger partial charge in [-0.3, -0.25) is 0 Å². The molecule has 0 radical (unpaired) electrons. The van der Waals surface area contributed by atoms with Crippen molar-refractivity contribution in [1.29, 1.82) is 0 Å². The lowest BCUT2D eigenvalue weighted by atomic mass is 9.96. The zero-order valence-electron chi connectivity index (χ0n) is 37.0. The van der Waals surface area contributed by atoms with E-state index in [2.05, 4.69) is 13.8 Å². The fourth-order valence-electron chi connectivity index (χ4n) is 7.39. The van der Waals surface area contributed by atoms with Crippen LogP contribution in [0.15, 0.2) is 97.1 Å².